The fraction of sp³-hybridized carbons (Fsp3) is 0.429. The molecule has 2 N–H and O–H groups in total. The van der Waals surface area contributed by atoms with Crippen molar-refractivity contribution in [2.75, 3.05) is 25.0 Å². The maximum atomic E-state index is 11.6. The number of hydrogen-bond acceptors (Lipinski definition) is 3. The highest BCUT2D eigenvalue weighted by Gasteiger charge is 2.25. The van der Waals surface area contributed by atoms with Crippen LogP contribution in [0.15, 0.2) is 24.3 Å². The Morgan fingerprint density at radius 3 is 2.89 bits per heavy atom. The number of carboxylic acid groups (broad SMARTS) is 1. The van der Waals surface area contributed by atoms with Crippen molar-refractivity contribution in [2.24, 2.45) is 5.92 Å². The Balaban J connectivity index is 2.17. The van der Waals surface area contributed by atoms with Gasteiger partial charge in [-0.15, -0.1) is 0 Å². The second-order valence-corrected chi connectivity index (χ2v) is 4.75. The highest BCUT2D eigenvalue weighted by molar-refractivity contribution is 5.94. The number of nitrogens with one attached hydrogen (secondary N) is 1. The zero-order chi connectivity index (χ0) is 13.8. The van der Waals surface area contributed by atoms with Gasteiger partial charge in [0.1, 0.15) is 0 Å². The fourth-order valence-electron chi connectivity index (χ4n) is 2.40. The van der Waals surface area contributed by atoms with E-state index in [2.05, 4.69) is 5.32 Å². The first-order chi connectivity index (χ1) is 9.11. The van der Waals surface area contributed by atoms with E-state index >= 15 is 0 Å². The van der Waals surface area contributed by atoms with Crippen molar-refractivity contribution < 1.29 is 14.7 Å². The topological polar surface area (TPSA) is 69.6 Å². The number of carbonyl (C=O) groups excluding carboxylic acids is 1. The predicted molar refractivity (Wildman–Crippen MR) is 72.4 cm³/mol. The molecule has 1 unspecified atom stereocenters. The lowest BCUT2D eigenvalue weighted by molar-refractivity contribution is -0.141. The van der Waals surface area contributed by atoms with Crippen LogP contribution in [-0.2, 0) is 4.79 Å². The maximum Gasteiger partial charge on any atom is 0.308 e. The second kappa shape index (κ2) is 5.73. The van der Waals surface area contributed by atoms with E-state index in [-0.39, 0.29) is 11.8 Å². The minimum atomic E-state index is -0.743. The Hall–Kier alpha value is -2.04. The number of benzene rings is 1. The first-order valence-electron chi connectivity index (χ1n) is 6.41. The molecule has 1 fully saturated rings. The van der Waals surface area contributed by atoms with E-state index < -0.39 is 5.97 Å². The number of anilines is 1. The van der Waals surface area contributed by atoms with Gasteiger partial charge < -0.3 is 15.3 Å². The molecule has 5 nitrogen and oxygen atoms in total. The average Bonchev–Trinajstić information content (AvgIpc) is 2.46. The van der Waals surface area contributed by atoms with Gasteiger partial charge in [-0.1, -0.05) is 6.07 Å². The summed E-state index contributed by atoms with van der Waals surface area (Å²) < 4.78 is 0. The third-order valence-electron chi connectivity index (χ3n) is 3.47. The zero-order valence-corrected chi connectivity index (χ0v) is 10.9. The molecule has 1 aromatic carbocycles. The molecule has 1 aliphatic rings. The number of rotatable bonds is 3. The van der Waals surface area contributed by atoms with Crippen molar-refractivity contribution in [2.45, 2.75) is 12.8 Å². The SMILES string of the molecule is CNC(=O)c1cccc(N2CCCC(C(=O)O)C2)c1. The number of aliphatic carboxylic acids is 1. The van der Waals surface area contributed by atoms with Crippen molar-refractivity contribution in [1.29, 1.82) is 0 Å². The van der Waals surface area contributed by atoms with E-state index in [1.807, 2.05) is 23.1 Å². The van der Waals surface area contributed by atoms with Gasteiger partial charge in [-0.2, -0.15) is 0 Å². The van der Waals surface area contributed by atoms with Crippen LogP contribution in [0.2, 0.25) is 0 Å². The van der Waals surface area contributed by atoms with Crippen LogP contribution in [0.25, 0.3) is 0 Å². The van der Waals surface area contributed by atoms with E-state index in [4.69, 9.17) is 5.11 Å². The van der Waals surface area contributed by atoms with Gasteiger partial charge in [-0.05, 0) is 31.0 Å². The summed E-state index contributed by atoms with van der Waals surface area (Å²) in [5.74, 6) is -1.20. The molecule has 1 heterocycles. The van der Waals surface area contributed by atoms with E-state index in [1.165, 1.54) is 0 Å². The van der Waals surface area contributed by atoms with E-state index in [9.17, 15) is 9.59 Å². The summed E-state index contributed by atoms with van der Waals surface area (Å²) in [4.78, 5) is 24.7. The molecule has 1 saturated heterocycles. The van der Waals surface area contributed by atoms with Crippen molar-refractivity contribution >= 4 is 17.6 Å². The van der Waals surface area contributed by atoms with Crippen molar-refractivity contribution in [3.63, 3.8) is 0 Å². The number of piperidine rings is 1. The van der Waals surface area contributed by atoms with Crippen molar-refractivity contribution in [3.05, 3.63) is 29.8 Å². The molecule has 1 amide bonds. The van der Waals surface area contributed by atoms with E-state index in [0.717, 1.165) is 25.1 Å². The van der Waals surface area contributed by atoms with E-state index in [0.29, 0.717) is 12.1 Å². The van der Waals surface area contributed by atoms with Gasteiger partial charge in [-0.25, -0.2) is 0 Å². The largest absolute Gasteiger partial charge is 0.481 e. The molecule has 1 aromatic rings. The molecule has 102 valence electrons. The van der Waals surface area contributed by atoms with Crippen molar-refractivity contribution in [1.82, 2.24) is 5.32 Å². The molecule has 0 bridgehead atoms. The van der Waals surface area contributed by atoms with Crippen molar-refractivity contribution in [3.8, 4) is 0 Å². The Kier molecular flexibility index (Phi) is 4.04. The zero-order valence-electron chi connectivity index (χ0n) is 10.9. The number of carbonyl (C=O) groups is 2. The van der Waals surface area contributed by atoms with E-state index in [1.54, 1.807) is 13.1 Å². The molecule has 0 spiro atoms. The monoisotopic (exact) mass is 262 g/mol. The molecule has 2 rings (SSSR count). The normalized spacial score (nSPS) is 19.0. The van der Waals surface area contributed by atoms with Gasteiger partial charge in [-0.3, -0.25) is 9.59 Å². The molecule has 19 heavy (non-hydrogen) atoms. The fourth-order valence-corrected chi connectivity index (χ4v) is 2.40. The van der Waals surface area contributed by atoms with Crippen LogP contribution in [0.1, 0.15) is 23.2 Å². The minimum Gasteiger partial charge on any atom is -0.481 e. The molecule has 0 aromatic heterocycles. The summed E-state index contributed by atoms with van der Waals surface area (Å²) in [6.45, 7) is 1.34. The third kappa shape index (κ3) is 3.05. The Morgan fingerprint density at radius 2 is 2.21 bits per heavy atom. The van der Waals surface area contributed by atoms with Crippen LogP contribution in [0.4, 0.5) is 5.69 Å². The summed E-state index contributed by atoms with van der Waals surface area (Å²) in [6.07, 6.45) is 1.59. The van der Waals surface area contributed by atoms with Crippen LogP contribution < -0.4 is 10.2 Å². The predicted octanol–water partition coefficient (Wildman–Crippen LogP) is 1.35. The number of amides is 1. The first kappa shape index (κ1) is 13.4. The number of carboxylic acids is 1. The Labute approximate surface area is 112 Å². The highest BCUT2D eigenvalue weighted by atomic mass is 16.4. The van der Waals surface area contributed by atoms with Crippen LogP contribution in [0, 0.1) is 5.92 Å². The highest BCUT2D eigenvalue weighted by Crippen LogP contribution is 2.24. The third-order valence-corrected chi connectivity index (χ3v) is 3.47. The number of hydrogen-bond donors (Lipinski definition) is 2. The van der Waals surface area contributed by atoms with Gasteiger partial charge in [0, 0.05) is 31.4 Å². The van der Waals surface area contributed by atoms with Gasteiger partial charge in [0.2, 0.25) is 0 Å². The summed E-state index contributed by atoms with van der Waals surface area (Å²) in [5, 5.41) is 11.7. The van der Waals surface area contributed by atoms with Crippen LogP contribution in [0.3, 0.4) is 0 Å². The molecular weight excluding hydrogens is 244 g/mol. The molecule has 0 aliphatic carbocycles. The van der Waals surface area contributed by atoms with Gasteiger partial charge >= 0.3 is 5.97 Å². The first-order valence-corrected chi connectivity index (χ1v) is 6.41. The van der Waals surface area contributed by atoms with Crippen LogP contribution in [-0.4, -0.2) is 37.1 Å². The molecule has 1 atom stereocenters. The smallest absolute Gasteiger partial charge is 0.308 e. The molecule has 5 heteroatoms. The lowest BCUT2D eigenvalue weighted by Gasteiger charge is -2.32. The Bertz CT molecular complexity index is 487. The second-order valence-electron chi connectivity index (χ2n) is 4.75. The molecule has 0 radical (unpaired) electrons. The molecule has 1 aliphatic heterocycles. The summed E-state index contributed by atoms with van der Waals surface area (Å²) in [6, 6.07) is 7.30. The van der Waals surface area contributed by atoms with Gasteiger partial charge in [0.05, 0.1) is 5.92 Å². The lowest BCUT2D eigenvalue weighted by Crippen LogP contribution is -2.38. The standard InChI is InChI=1S/C14H18N2O3/c1-15-13(17)10-4-2-6-12(8-10)16-7-3-5-11(9-16)14(18)19/h2,4,6,8,11H,3,5,7,9H2,1H3,(H,15,17)(H,18,19). The molecular formula is C14H18N2O3. The summed E-state index contributed by atoms with van der Waals surface area (Å²) in [7, 11) is 1.59. The molecule has 0 saturated carbocycles. The average molecular weight is 262 g/mol. The van der Waals surface area contributed by atoms with Gasteiger partial charge in [0.15, 0.2) is 0 Å². The maximum absolute atomic E-state index is 11.6. The number of nitrogens with zero attached hydrogens (tertiary/aromatic N) is 1. The van der Waals surface area contributed by atoms with Crippen LogP contribution in [0.5, 0.6) is 0 Å². The van der Waals surface area contributed by atoms with Crippen LogP contribution >= 0.6 is 0 Å². The quantitative estimate of drug-likeness (QED) is 0.862. The Morgan fingerprint density at radius 1 is 1.42 bits per heavy atom. The summed E-state index contributed by atoms with van der Waals surface area (Å²) in [5.41, 5.74) is 1.50. The summed E-state index contributed by atoms with van der Waals surface area (Å²) >= 11 is 0. The lowest BCUT2D eigenvalue weighted by atomic mass is 9.97. The van der Waals surface area contributed by atoms with Gasteiger partial charge in [0.25, 0.3) is 5.91 Å². The minimum absolute atomic E-state index is 0.131.